The van der Waals surface area contributed by atoms with Crippen molar-refractivity contribution in [1.82, 2.24) is 0 Å². The van der Waals surface area contributed by atoms with Crippen LogP contribution in [0.1, 0.15) is 19.4 Å². The van der Waals surface area contributed by atoms with E-state index in [-0.39, 0.29) is 6.54 Å². The van der Waals surface area contributed by atoms with E-state index >= 15 is 0 Å². The zero-order valence-corrected chi connectivity index (χ0v) is 13.1. The van der Waals surface area contributed by atoms with Crippen molar-refractivity contribution in [2.75, 3.05) is 13.4 Å². The Kier molecular flexibility index (Phi) is 6.48. The quantitative estimate of drug-likeness (QED) is 0.514. The fraction of sp³-hybridized carbons (Fsp3) is 0.462. The standard InChI is InChI=1S/C13H19ClN2O2S/c1-8(2)13(19-4)16-18-10-5-6-11(17-3)12(14)9(10)7-15/h5-6,8H,7,15H2,1-4H3/b16-13-. The lowest BCUT2D eigenvalue weighted by atomic mass is 10.2. The van der Waals surface area contributed by atoms with E-state index in [9.17, 15) is 0 Å². The number of methoxy groups -OCH3 is 1. The predicted octanol–water partition coefficient (Wildman–Crippen LogP) is 3.52. The van der Waals surface area contributed by atoms with Gasteiger partial charge in [-0.2, -0.15) is 0 Å². The summed E-state index contributed by atoms with van der Waals surface area (Å²) in [5.41, 5.74) is 6.39. The van der Waals surface area contributed by atoms with Gasteiger partial charge in [-0.05, 0) is 18.4 Å². The Bertz CT molecular complexity index is 464. The van der Waals surface area contributed by atoms with E-state index in [0.29, 0.717) is 28.0 Å². The molecule has 0 saturated heterocycles. The van der Waals surface area contributed by atoms with Crippen molar-refractivity contribution >= 4 is 28.4 Å². The Morgan fingerprint density at radius 3 is 2.53 bits per heavy atom. The second-order valence-electron chi connectivity index (χ2n) is 4.14. The molecule has 0 aliphatic heterocycles. The van der Waals surface area contributed by atoms with Gasteiger partial charge in [0.25, 0.3) is 0 Å². The summed E-state index contributed by atoms with van der Waals surface area (Å²) in [6, 6.07) is 3.50. The van der Waals surface area contributed by atoms with Gasteiger partial charge in [-0.25, -0.2) is 0 Å². The third kappa shape index (κ3) is 4.03. The van der Waals surface area contributed by atoms with Crippen LogP contribution < -0.4 is 15.3 Å². The van der Waals surface area contributed by atoms with Gasteiger partial charge in [0.15, 0.2) is 5.75 Å². The third-order valence-corrected chi connectivity index (χ3v) is 3.90. The third-order valence-electron chi connectivity index (χ3n) is 2.53. The first-order chi connectivity index (χ1) is 9.04. The topological polar surface area (TPSA) is 56.8 Å². The van der Waals surface area contributed by atoms with Gasteiger partial charge in [-0.15, -0.1) is 11.8 Å². The number of halogens is 1. The second kappa shape index (κ2) is 7.62. The highest BCUT2D eigenvalue weighted by molar-refractivity contribution is 8.13. The SMILES string of the molecule is COc1ccc(O/N=C(\SC)C(C)C)c(CN)c1Cl. The minimum atomic E-state index is 0.261. The first-order valence-corrected chi connectivity index (χ1v) is 7.49. The molecule has 0 unspecified atom stereocenters. The van der Waals surface area contributed by atoms with E-state index in [1.807, 2.05) is 6.26 Å². The Hall–Kier alpha value is -0.910. The van der Waals surface area contributed by atoms with Gasteiger partial charge in [0, 0.05) is 18.0 Å². The van der Waals surface area contributed by atoms with Crippen molar-refractivity contribution in [3.63, 3.8) is 0 Å². The fourth-order valence-electron chi connectivity index (χ4n) is 1.49. The summed E-state index contributed by atoms with van der Waals surface area (Å²) < 4.78 is 5.14. The van der Waals surface area contributed by atoms with E-state index in [2.05, 4.69) is 19.0 Å². The van der Waals surface area contributed by atoms with E-state index in [1.165, 1.54) is 0 Å². The summed E-state index contributed by atoms with van der Waals surface area (Å²) in [4.78, 5) is 5.47. The average molecular weight is 303 g/mol. The molecule has 1 aromatic rings. The fourth-order valence-corrected chi connectivity index (χ4v) is 2.38. The molecule has 1 rings (SSSR count). The molecule has 106 valence electrons. The monoisotopic (exact) mass is 302 g/mol. The van der Waals surface area contributed by atoms with E-state index in [0.717, 1.165) is 5.04 Å². The molecule has 0 heterocycles. The minimum Gasteiger partial charge on any atom is -0.495 e. The molecular formula is C13H19ClN2O2S. The van der Waals surface area contributed by atoms with Crippen LogP contribution in [0, 0.1) is 5.92 Å². The van der Waals surface area contributed by atoms with Gasteiger partial charge < -0.3 is 15.3 Å². The highest BCUT2D eigenvalue weighted by Crippen LogP contribution is 2.34. The van der Waals surface area contributed by atoms with Gasteiger partial charge in [0.1, 0.15) is 10.8 Å². The predicted molar refractivity (Wildman–Crippen MR) is 82.3 cm³/mol. The van der Waals surface area contributed by atoms with Crippen LogP contribution in [0.2, 0.25) is 5.02 Å². The van der Waals surface area contributed by atoms with Gasteiger partial charge in [0.2, 0.25) is 0 Å². The molecule has 2 N–H and O–H groups in total. The first kappa shape index (κ1) is 16.1. The Balaban J connectivity index is 3.05. The molecule has 0 bridgehead atoms. The number of hydrogen-bond donors (Lipinski definition) is 1. The summed E-state index contributed by atoms with van der Waals surface area (Å²) in [7, 11) is 1.56. The maximum absolute atomic E-state index is 6.19. The van der Waals surface area contributed by atoms with Crippen LogP contribution in [-0.2, 0) is 6.54 Å². The van der Waals surface area contributed by atoms with Crippen LogP contribution in [0.4, 0.5) is 0 Å². The molecule has 0 aromatic heterocycles. The van der Waals surface area contributed by atoms with Crippen LogP contribution in [-0.4, -0.2) is 18.4 Å². The molecule has 4 nitrogen and oxygen atoms in total. The number of rotatable bonds is 5. The van der Waals surface area contributed by atoms with Crippen molar-refractivity contribution in [2.24, 2.45) is 16.8 Å². The number of benzene rings is 1. The molecule has 0 amide bonds. The Labute approximate surface area is 123 Å². The minimum absolute atomic E-state index is 0.261. The number of nitrogens with two attached hydrogens (primary N) is 1. The van der Waals surface area contributed by atoms with E-state index in [1.54, 1.807) is 31.0 Å². The van der Waals surface area contributed by atoms with Crippen LogP contribution in [0.15, 0.2) is 17.3 Å². The van der Waals surface area contributed by atoms with Crippen LogP contribution >= 0.6 is 23.4 Å². The van der Waals surface area contributed by atoms with Crippen molar-refractivity contribution in [3.05, 3.63) is 22.7 Å². The molecule has 0 fully saturated rings. The molecular weight excluding hydrogens is 284 g/mol. The van der Waals surface area contributed by atoms with Crippen molar-refractivity contribution in [3.8, 4) is 11.5 Å². The maximum atomic E-state index is 6.19. The van der Waals surface area contributed by atoms with E-state index in [4.69, 9.17) is 26.9 Å². The molecule has 19 heavy (non-hydrogen) atoms. The highest BCUT2D eigenvalue weighted by Gasteiger charge is 2.13. The van der Waals surface area contributed by atoms with Gasteiger partial charge in [0.05, 0.1) is 12.1 Å². The Morgan fingerprint density at radius 2 is 2.05 bits per heavy atom. The zero-order chi connectivity index (χ0) is 14.4. The molecule has 0 aliphatic carbocycles. The average Bonchev–Trinajstić information content (AvgIpc) is 2.39. The number of ether oxygens (including phenoxy) is 1. The molecule has 0 saturated carbocycles. The second-order valence-corrected chi connectivity index (χ2v) is 5.35. The molecule has 0 aliphatic rings. The van der Waals surface area contributed by atoms with Crippen LogP contribution in [0.5, 0.6) is 11.5 Å². The Morgan fingerprint density at radius 1 is 1.42 bits per heavy atom. The van der Waals surface area contributed by atoms with Crippen molar-refractivity contribution < 1.29 is 9.57 Å². The summed E-state index contributed by atoms with van der Waals surface area (Å²) in [5, 5.41) is 5.52. The van der Waals surface area contributed by atoms with Gasteiger partial charge in [-0.3, -0.25) is 0 Å². The lowest BCUT2D eigenvalue weighted by Gasteiger charge is -2.12. The highest BCUT2D eigenvalue weighted by atomic mass is 35.5. The molecule has 0 atom stereocenters. The maximum Gasteiger partial charge on any atom is 0.164 e. The lowest BCUT2D eigenvalue weighted by molar-refractivity contribution is 0.335. The van der Waals surface area contributed by atoms with Gasteiger partial charge in [-0.1, -0.05) is 30.6 Å². The zero-order valence-electron chi connectivity index (χ0n) is 11.6. The smallest absolute Gasteiger partial charge is 0.164 e. The molecule has 6 heteroatoms. The first-order valence-electron chi connectivity index (χ1n) is 5.89. The largest absolute Gasteiger partial charge is 0.495 e. The van der Waals surface area contributed by atoms with Crippen LogP contribution in [0.25, 0.3) is 0 Å². The van der Waals surface area contributed by atoms with Crippen molar-refractivity contribution in [2.45, 2.75) is 20.4 Å². The summed E-state index contributed by atoms with van der Waals surface area (Å²) in [6.07, 6.45) is 1.97. The summed E-state index contributed by atoms with van der Waals surface area (Å²) in [6.45, 7) is 4.38. The molecule has 0 radical (unpaired) electrons. The molecule has 0 spiro atoms. The molecule has 1 aromatic carbocycles. The van der Waals surface area contributed by atoms with Gasteiger partial charge >= 0.3 is 0 Å². The number of oxime groups is 1. The van der Waals surface area contributed by atoms with Crippen LogP contribution in [0.3, 0.4) is 0 Å². The lowest BCUT2D eigenvalue weighted by Crippen LogP contribution is -2.06. The van der Waals surface area contributed by atoms with E-state index < -0.39 is 0 Å². The summed E-state index contributed by atoms with van der Waals surface area (Å²) >= 11 is 7.75. The summed E-state index contributed by atoms with van der Waals surface area (Å²) in [5.74, 6) is 1.44. The number of thioether (sulfide) groups is 1. The van der Waals surface area contributed by atoms with Crippen molar-refractivity contribution in [1.29, 1.82) is 0 Å². The number of hydrogen-bond acceptors (Lipinski definition) is 5. The normalized spacial score (nSPS) is 11.8. The number of nitrogens with zero attached hydrogens (tertiary/aromatic N) is 1.